The Morgan fingerprint density at radius 1 is 0.833 bits per heavy atom. The second kappa shape index (κ2) is 7.34. The number of fused-ring (bicyclic) bond motifs is 1. The van der Waals surface area contributed by atoms with Crippen LogP contribution in [0.25, 0.3) is 0 Å². The average Bonchev–Trinajstić information content (AvgIpc) is 3.26. The number of imide groups is 1. The molecule has 3 aromatic rings. The summed E-state index contributed by atoms with van der Waals surface area (Å²) in [6, 6.07) is 21.8. The second-order valence-corrected chi connectivity index (χ2v) is 8.12. The van der Waals surface area contributed by atoms with Crippen LogP contribution in [0.15, 0.2) is 83.3 Å². The van der Waals surface area contributed by atoms with E-state index in [2.05, 4.69) is 15.9 Å². The van der Waals surface area contributed by atoms with E-state index in [0.717, 1.165) is 20.6 Å². The van der Waals surface area contributed by atoms with Gasteiger partial charge < -0.3 is 0 Å². The van der Waals surface area contributed by atoms with Crippen molar-refractivity contribution in [1.82, 2.24) is 0 Å². The van der Waals surface area contributed by atoms with Crippen LogP contribution >= 0.6 is 15.9 Å². The van der Waals surface area contributed by atoms with Crippen molar-refractivity contribution in [2.75, 3.05) is 9.96 Å². The number of halogens is 2. The molecule has 2 amide bonds. The van der Waals surface area contributed by atoms with Gasteiger partial charge in [0.1, 0.15) is 11.7 Å². The Labute approximate surface area is 180 Å². The van der Waals surface area contributed by atoms with Gasteiger partial charge in [-0.05, 0) is 54.1 Å². The molecule has 0 aromatic heterocycles. The van der Waals surface area contributed by atoms with Crippen molar-refractivity contribution >= 4 is 39.1 Å². The topological polar surface area (TPSA) is 49.9 Å². The number of anilines is 2. The van der Waals surface area contributed by atoms with Gasteiger partial charge >= 0.3 is 0 Å². The SMILES string of the molecule is O=C1[C@H]2[C@H](ON(c3ccccc3)[C@H]2c2cccc(Br)c2)C(=O)N1c1ccc(F)cc1. The summed E-state index contributed by atoms with van der Waals surface area (Å²) in [6.07, 6.45) is -0.952. The van der Waals surface area contributed by atoms with E-state index in [0.29, 0.717) is 5.69 Å². The quantitative estimate of drug-likeness (QED) is 0.527. The summed E-state index contributed by atoms with van der Waals surface area (Å²) in [6.45, 7) is 0. The maximum absolute atomic E-state index is 13.4. The summed E-state index contributed by atoms with van der Waals surface area (Å²) in [7, 11) is 0. The molecule has 3 atom stereocenters. The van der Waals surface area contributed by atoms with Crippen LogP contribution in [0.1, 0.15) is 11.6 Å². The van der Waals surface area contributed by atoms with Crippen LogP contribution in [0.3, 0.4) is 0 Å². The van der Waals surface area contributed by atoms with Gasteiger partial charge in [-0.2, -0.15) is 0 Å². The molecule has 2 aliphatic rings. The highest BCUT2D eigenvalue weighted by Crippen LogP contribution is 2.47. The zero-order valence-electron chi connectivity index (χ0n) is 15.6. The van der Waals surface area contributed by atoms with Crippen molar-refractivity contribution in [2.24, 2.45) is 5.92 Å². The van der Waals surface area contributed by atoms with E-state index in [-0.39, 0.29) is 5.91 Å². The van der Waals surface area contributed by atoms with Gasteiger partial charge in [0.25, 0.3) is 5.91 Å². The number of carbonyl (C=O) groups is 2. The summed E-state index contributed by atoms with van der Waals surface area (Å²) in [5.74, 6) is -1.97. The molecule has 2 saturated heterocycles. The van der Waals surface area contributed by atoms with Crippen molar-refractivity contribution in [3.05, 3.63) is 94.7 Å². The van der Waals surface area contributed by atoms with E-state index in [1.54, 1.807) is 5.06 Å². The minimum Gasteiger partial charge on any atom is -0.273 e. The van der Waals surface area contributed by atoms with Crippen LogP contribution in [0.2, 0.25) is 0 Å². The zero-order chi connectivity index (χ0) is 20.8. The molecule has 2 heterocycles. The van der Waals surface area contributed by atoms with Gasteiger partial charge in [-0.3, -0.25) is 14.4 Å². The monoisotopic (exact) mass is 466 g/mol. The lowest BCUT2D eigenvalue weighted by atomic mass is 9.90. The first-order valence-electron chi connectivity index (χ1n) is 9.44. The fraction of sp³-hybridized carbons (Fsp3) is 0.130. The summed E-state index contributed by atoms with van der Waals surface area (Å²) >= 11 is 3.48. The fourth-order valence-electron chi connectivity index (χ4n) is 4.09. The van der Waals surface area contributed by atoms with Crippen molar-refractivity contribution in [3.8, 4) is 0 Å². The Morgan fingerprint density at radius 3 is 2.27 bits per heavy atom. The van der Waals surface area contributed by atoms with Crippen molar-refractivity contribution in [1.29, 1.82) is 0 Å². The molecule has 0 bridgehead atoms. The van der Waals surface area contributed by atoms with Crippen LogP contribution in [0.4, 0.5) is 15.8 Å². The normalized spacial score (nSPS) is 23.2. The largest absolute Gasteiger partial charge is 0.273 e. The molecule has 150 valence electrons. The number of amides is 2. The van der Waals surface area contributed by atoms with E-state index in [4.69, 9.17) is 4.84 Å². The molecular weight excluding hydrogens is 451 g/mol. The highest BCUT2D eigenvalue weighted by atomic mass is 79.9. The lowest BCUT2D eigenvalue weighted by molar-refractivity contribution is -0.126. The number of nitrogens with zero attached hydrogens (tertiary/aromatic N) is 2. The van der Waals surface area contributed by atoms with Gasteiger partial charge in [-0.25, -0.2) is 14.4 Å². The minimum absolute atomic E-state index is 0.337. The lowest BCUT2D eigenvalue weighted by Gasteiger charge is -2.28. The second-order valence-electron chi connectivity index (χ2n) is 7.20. The number of rotatable bonds is 3. The van der Waals surface area contributed by atoms with Gasteiger partial charge in [0, 0.05) is 4.47 Å². The number of hydrogen-bond acceptors (Lipinski definition) is 4. The first-order chi connectivity index (χ1) is 14.5. The number of hydrogen-bond donors (Lipinski definition) is 0. The van der Waals surface area contributed by atoms with Crippen molar-refractivity contribution < 1.29 is 18.8 Å². The number of carbonyl (C=O) groups excluding carboxylic acids is 2. The van der Waals surface area contributed by atoms with E-state index in [1.165, 1.54) is 24.3 Å². The number of benzene rings is 3. The molecular formula is C23H16BrFN2O3. The average molecular weight is 467 g/mol. The van der Waals surface area contributed by atoms with Gasteiger partial charge in [0.15, 0.2) is 6.10 Å². The Kier molecular flexibility index (Phi) is 4.64. The van der Waals surface area contributed by atoms with E-state index < -0.39 is 29.8 Å². The third-order valence-corrected chi connectivity index (χ3v) is 5.89. The van der Waals surface area contributed by atoms with Gasteiger partial charge in [-0.15, -0.1) is 0 Å². The third-order valence-electron chi connectivity index (χ3n) is 5.40. The summed E-state index contributed by atoms with van der Waals surface area (Å²) in [5, 5.41) is 1.65. The zero-order valence-corrected chi connectivity index (χ0v) is 17.2. The minimum atomic E-state index is -0.952. The maximum Gasteiger partial charge on any atom is 0.266 e. The fourth-order valence-corrected chi connectivity index (χ4v) is 4.50. The highest BCUT2D eigenvalue weighted by Gasteiger charge is 2.60. The molecule has 0 aliphatic carbocycles. The molecule has 3 aromatic carbocycles. The standard InChI is InChI=1S/C23H16BrFN2O3/c24-15-6-4-5-14(13-15)20-19-21(30-27(20)18-7-2-1-3-8-18)23(29)26(22(19)28)17-11-9-16(25)10-12-17/h1-13,19-21H/t19-,20+,21+/m1/s1. The molecule has 0 unspecified atom stereocenters. The molecule has 0 N–H and O–H groups in total. The van der Waals surface area contributed by atoms with E-state index in [1.807, 2.05) is 54.6 Å². The van der Waals surface area contributed by atoms with Gasteiger partial charge in [-0.1, -0.05) is 46.3 Å². The van der Waals surface area contributed by atoms with Crippen molar-refractivity contribution in [2.45, 2.75) is 12.1 Å². The molecule has 0 saturated carbocycles. The molecule has 7 heteroatoms. The molecule has 30 heavy (non-hydrogen) atoms. The first kappa shape index (κ1) is 19.0. The summed E-state index contributed by atoms with van der Waals surface area (Å²) < 4.78 is 14.2. The molecule has 2 aliphatic heterocycles. The predicted octanol–water partition coefficient (Wildman–Crippen LogP) is 4.64. The Bertz CT molecular complexity index is 1120. The van der Waals surface area contributed by atoms with Crippen LogP contribution in [0.5, 0.6) is 0 Å². The molecule has 2 fully saturated rings. The summed E-state index contributed by atoms with van der Waals surface area (Å²) in [5.41, 5.74) is 1.94. The summed E-state index contributed by atoms with van der Waals surface area (Å²) in [4.78, 5) is 33.7. The first-order valence-corrected chi connectivity index (χ1v) is 10.2. The molecule has 5 rings (SSSR count). The number of para-hydroxylation sites is 1. The van der Waals surface area contributed by atoms with Crippen LogP contribution in [-0.4, -0.2) is 17.9 Å². The maximum atomic E-state index is 13.4. The highest BCUT2D eigenvalue weighted by molar-refractivity contribution is 9.10. The van der Waals surface area contributed by atoms with Crippen LogP contribution in [-0.2, 0) is 14.4 Å². The Hall–Kier alpha value is -3.03. The van der Waals surface area contributed by atoms with E-state index in [9.17, 15) is 14.0 Å². The van der Waals surface area contributed by atoms with Gasteiger partial charge in [0.2, 0.25) is 5.91 Å². The number of hydroxylamine groups is 1. The van der Waals surface area contributed by atoms with E-state index >= 15 is 0 Å². The predicted molar refractivity (Wildman–Crippen MR) is 113 cm³/mol. The molecule has 0 radical (unpaired) electrons. The van der Waals surface area contributed by atoms with Crippen LogP contribution in [0, 0.1) is 11.7 Å². The Balaban J connectivity index is 1.59. The molecule has 5 nitrogen and oxygen atoms in total. The van der Waals surface area contributed by atoms with Crippen molar-refractivity contribution in [3.63, 3.8) is 0 Å². The Morgan fingerprint density at radius 2 is 1.57 bits per heavy atom. The molecule has 0 spiro atoms. The smallest absolute Gasteiger partial charge is 0.266 e. The third kappa shape index (κ3) is 3.02. The van der Waals surface area contributed by atoms with Crippen LogP contribution < -0.4 is 9.96 Å². The lowest BCUT2D eigenvalue weighted by Crippen LogP contribution is -2.37. The van der Waals surface area contributed by atoms with Gasteiger partial charge in [0.05, 0.1) is 17.4 Å².